The number of nitrogens with zero attached hydrogens (tertiary/aromatic N) is 1. The summed E-state index contributed by atoms with van der Waals surface area (Å²) in [5.41, 5.74) is 4.60. The van der Waals surface area contributed by atoms with Crippen LogP contribution in [-0.2, 0) is 11.2 Å². The highest BCUT2D eigenvalue weighted by molar-refractivity contribution is 5.86. The molecule has 0 aliphatic carbocycles. The van der Waals surface area contributed by atoms with Gasteiger partial charge in [-0.25, -0.2) is 4.79 Å². The van der Waals surface area contributed by atoms with Gasteiger partial charge in [0.25, 0.3) is 0 Å². The van der Waals surface area contributed by atoms with E-state index < -0.39 is 0 Å². The predicted octanol–water partition coefficient (Wildman–Crippen LogP) is 4.94. The molecule has 132 valence electrons. The monoisotopic (exact) mass is 346 g/mol. The average molecular weight is 346 g/mol. The summed E-state index contributed by atoms with van der Waals surface area (Å²) in [4.78, 5) is 17.8. The van der Waals surface area contributed by atoms with Gasteiger partial charge in [-0.3, -0.25) is 4.90 Å². The number of amides is 1. The Labute approximate surface area is 153 Å². The first-order valence-electron chi connectivity index (χ1n) is 9.04. The zero-order valence-corrected chi connectivity index (χ0v) is 14.8. The number of ether oxygens (including phenoxy) is 1. The van der Waals surface area contributed by atoms with Gasteiger partial charge in [0.15, 0.2) is 0 Å². The zero-order valence-electron chi connectivity index (χ0n) is 14.8. The van der Waals surface area contributed by atoms with Gasteiger partial charge < -0.3 is 9.72 Å². The fourth-order valence-electron chi connectivity index (χ4n) is 3.65. The maximum atomic E-state index is 12.5. The van der Waals surface area contributed by atoms with Crippen LogP contribution in [0, 0.1) is 0 Å². The quantitative estimate of drug-likeness (QED) is 0.730. The maximum Gasteiger partial charge on any atom is 0.410 e. The Morgan fingerprint density at radius 1 is 1.19 bits per heavy atom. The topological polar surface area (TPSA) is 45.3 Å². The molecule has 0 spiro atoms. The Balaban J connectivity index is 1.76. The van der Waals surface area contributed by atoms with E-state index >= 15 is 0 Å². The SMILES string of the molecule is CCOC(=O)N1CCc2c([nH]c3ccccc23)[C@H]1/C=C/c1ccccc1. The summed E-state index contributed by atoms with van der Waals surface area (Å²) in [5, 5.41) is 1.24. The molecular weight excluding hydrogens is 324 g/mol. The minimum absolute atomic E-state index is 0.162. The Morgan fingerprint density at radius 3 is 2.77 bits per heavy atom. The van der Waals surface area contributed by atoms with Gasteiger partial charge in [0, 0.05) is 23.1 Å². The molecule has 1 N–H and O–H groups in total. The molecule has 26 heavy (non-hydrogen) atoms. The molecule has 1 atom stereocenters. The molecule has 4 rings (SSSR count). The fraction of sp³-hybridized carbons (Fsp3) is 0.227. The van der Waals surface area contributed by atoms with E-state index in [0.29, 0.717) is 13.2 Å². The molecule has 3 aromatic rings. The van der Waals surface area contributed by atoms with Crippen molar-refractivity contribution in [1.29, 1.82) is 0 Å². The molecule has 1 amide bonds. The predicted molar refractivity (Wildman–Crippen MR) is 104 cm³/mol. The number of rotatable bonds is 3. The van der Waals surface area contributed by atoms with Crippen molar-refractivity contribution in [2.45, 2.75) is 19.4 Å². The second kappa shape index (κ2) is 7.08. The molecule has 0 saturated heterocycles. The molecule has 2 aromatic carbocycles. The summed E-state index contributed by atoms with van der Waals surface area (Å²) in [5.74, 6) is 0. The third kappa shape index (κ3) is 2.99. The smallest absolute Gasteiger partial charge is 0.410 e. The Bertz CT molecular complexity index is 943. The van der Waals surface area contributed by atoms with E-state index in [4.69, 9.17) is 4.74 Å². The summed E-state index contributed by atoms with van der Waals surface area (Å²) < 4.78 is 5.29. The zero-order chi connectivity index (χ0) is 17.9. The third-order valence-electron chi connectivity index (χ3n) is 4.85. The minimum atomic E-state index is -0.264. The van der Waals surface area contributed by atoms with Crippen molar-refractivity contribution in [2.24, 2.45) is 0 Å². The number of aromatic nitrogens is 1. The van der Waals surface area contributed by atoms with Crippen molar-refractivity contribution in [3.8, 4) is 0 Å². The molecule has 0 unspecified atom stereocenters. The molecule has 4 heteroatoms. The van der Waals surface area contributed by atoms with Gasteiger partial charge in [0.1, 0.15) is 0 Å². The summed E-state index contributed by atoms with van der Waals surface area (Å²) in [6.07, 6.45) is 4.71. The van der Waals surface area contributed by atoms with Crippen molar-refractivity contribution < 1.29 is 9.53 Å². The van der Waals surface area contributed by atoms with Crippen molar-refractivity contribution in [2.75, 3.05) is 13.2 Å². The third-order valence-corrected chi connectivity index (χ3v) is 4.85. The highest BCUT2D eigenvalue weighted by Gasteiger charge is 2.32. The number of H-pyrrole nitrogens is 1. The van der Waals surface area contributed by atoms with Gasteiger partial charge in [0.05, 0.1) is 12.6 Å². The molecule has 0 saturated carbocycles. The molecule has 0 fully saturated rings. The van der Waals surface area contributed by atoms with E-state index in [1.165, 1.54) is 10.9 Å². The van der Waals surface area contributed by atoms with Crippen molar-refractivity contribution in [3.63, 3.8) is 0 Å². The van der Waals surface area contributed by atoms with Crippen molar-refractivity contribution >= 4 is 23.1 Å². The number of aromatic amines is 1. The minimum Gasteiger partial charge on any atom is -0.450 e. The van der Waals surface area contributed by atoms with Crippen molar-refractivity contribution in [1.82, 2.24) is 9.88 Å². The van der Waals surface area contributed by atoms with Gasteiger partial charge >= 0.3 is 6.09 Å². The van der Waals surface area contributed by atoms with E-state index in [2.05, 4.69) is 47.5 Å². The van der Waals surface area contributed by atoms with E-state index in [9.17, 15) is 4.79 Å². The van der Waals surface area contributed by atoms with Crippen LogP contribution in [0.25, 0.3) is 17.0 Å². The van der Waals surface area contributed by atoms with E-state index in [1.54, 1.807) is 4.90 Å². The standard InChI is InChI=1S/C22H22N2O2/c1-2-26-22(25)24-15-14-18-17-10-6-7-11-19(17)23-21(18)20(24)13-12-16-8-4-3-5-9-16/h3-13,20,23H,2,14-15H2,1H3/b13-12+/t20-/m1/s1. The number of hydrogen-bond donors (Lipinski definition) is 1. The normalized spacial score (nSPS) is 16.8. The largest absolute Gasteiger partial charge is 0.450 e. The average Bonchev–Trinajstić information content (AvgIpc) is 3.06. The summed E-state index contributed by atoms with van der Waals surface area (Å²) >= 11 is 0. The Morgan fingerprint density at radius 2 is 1.96 bits per heavy atom. The van der Waals surface area contributed by atoms with Crippen molar-refractivity contribution in [3.05, 3.63) is 77.5 Å². The molecule has 4 nitrogen and oxygen atoms in total. The lowest BCUT2D eigenvalue weighted by atomic mass is 9.97. The molecular formula is C22H22N2O2. The van der Waals surface area contributed by atoms with Crippen LogP contribution in [0.15, 0.2) is 60.7 Å². The van der Waals surface area contributed by atoms with Gasteiger partial charge in [-0.05, 0) is 30.5 Å². The second-order valence-corrected chi connectivity index (χ2v) is 6.42. The fourth-order valence-corrected chi connectivity index (χ4v) is 3.65. The number of fused-ring (bicyclic) bond motifs is 3. The molecule has 0 radical (unpaired) electrons. The lowest BCUT2D eigenvalue weighted by Crippen LogP contribution is -2.39. The first-order valence-corrected chi connectivity index (χ1v) is 9.04. The van der Waals surface area contributed by atoms with Crippen LogP contribution in [0.5, 0.6) is 0 Å². The first-order chi connectivity index (χ1) is 12.8. The highest BCUT2D eigenvalue weighted by atomic mass is 16.6. The van der Waals surface area contributed by atoms with Crippen LogP contribution >= 0.6 is 0 Å². The van der Waals surface area contributed by atoms with E-state index in [0.717, 1.165) is 23.2 Å². The van der Waals surface area contributed by atoms with Crippen LogP contribution in [0.2, 0.25) is 0 Å². The number of para-hydroxylation sites is 1. The number of carbonyl (C=O) groups excluding carboxylic acids is 1. The molecule has 0 bridgehead atoms. The first kappa shape index (κ1) is 16.5. The van der Waals surface area contributed by atoms with Gasteiger partial charge in [0.2, 0.25) is 0 Å². The van der Waals surface area contributed by atoms with Crippen LogP contribution in [-0.4, -0.2) is 29.1 Å². The lowest BCUT2D eigenvalue weighted by molar-refractivity contribution is 0.0946. The maximum absolute atomic E-state index is 12.5. The van der Waals surface area contributed by atoms with Crippen LogP contribution in [0.3, 0.4) is 0 Å². The number of nitrogens with one attached hydrogen (secondary N) is 1. The lowest BCUT2D eigenvalue weighted by Gasteiger charge is -2.33. The molecule has 1 aliphatic rings. The Kier molecular flexibility index (Phi) is 4.48. The van der Waals surface area contributed by atoms with E-state index in [-0.39, 0.29) is 12.1 Å². The molecule has 2 heterocycles. The summed E-state index contributed by atoms with van der Waals surface area (Å²) in [6, 6.07) is 18.3. The second-order valence-electron chi connectivity index (χ2n) is 6.42. The summed E-state index contributed by atoms with van der Waals surface area (Å²) in [7, 11) is 0. The van der Waals surface area contributed by atoms with E-state index in [1.807, 2.05) is 31.2 Å². The van der Waals surface area contributed by atoms with Gasteiger partial charge in [-0.2, -0.15) is 0 Å². The Hall–Kier alpha value is -3.01. The van der Waals surface area contributed by atoms with Crippen LogP contribution < -0.4 is 0 Å². The van der Waals surface area contributed by atoms with Crippen LogP contribution in [0.4, 0.5) is 4.79 Å². The molecule has 1 aliphatic heterocycles. The van der Waals surface area contributed by atoms with Gasteiger partial charge in [-0.1, -0.05) is 60.7 Å². The highest BCUT2D eigenvalue weighted by Crippen LogP contribution is 2.36. The molecule has 1 aromatic heterocycles. The number of carbonyl (C=O) groups is 1. The number of hydrogen-bond acceptors (Lipinski definition) is 2. The summed E-state index contributed by atoms with van der Waals surface area (Å²) in [6.45, 7) is 2.87. The van der Waals surface area contributed by atoms with Crippen LogP contribution in [0.1, 0.15) is 29.8 Å². The van der Waals surface area contributed by atoms with Gasteiger partial charge in [-0.15, -0.1) is 0 Å². The number of benzene rings is 2.